The molecule has 1 aliphatic rings. The van der Waals surface area contributed by atoms with Crippen LogP contribution in [0.3, 0.4) is 0 Å². The summed E-state index contributed by atoms with van der Waals surface area (Å²) in [5.41, 5.74) is 0. The van der Waals surface area contributed by atoms with E-state index in [1.54, 1.807) is 7.11 Å². The zero-order valence-electron chi connectivity index (χ0n) is 7.84. The van der Waals surface area contributed by atoms with E-state index in [1.165, 1.54) is 24.3 Å². The summed E-state index contributed by atoms with van der Waals surface area (Å²) in [5.74, 6) is 2.67. The van der Waals surface area contributed by atoms with Crippen molar-refractivity contribution in [2.45, 2.75) is 25.3 Å². The summed E-state index contributed by atoms with van der Waals surface area (Å²) in [7, 11) is 1.76. The third-order valence-corrected chi connectivity index (χ3v) is 3.23. The molecule has 1 aliphatic heterocycles. The van der Waals surface area contributed by atoms with E-state index in [0.29, 0.717) is 0 Å². The normalized spacial score (nSPS) is 19.8. The van der Waals surface area contributed by atoms with Crippen LogP contribution in [-0.2, 0) is 4.74 Å². The summed E-state index contributed by atoms with van der Waals surface area (Å²) in [4.78, 5) is 0. The van der Waals surface area contributed by atoms with Crippen molar-refractivity contribution in [2.75, 3.05) is 31.8 Å². The van der Waals surface area contributed by atoms with Gasteiger partial charge in [-0.15, -0.1) is 0 Å². The fourth-order valence-corrected chi connectivity index (χ4v) is 2.53. The predicted octanol–water partition coefficient (Wildman–Crippen LogP) is 1.51. The lowest BCUT2D eigenvalue weighted by Crippen LogP contribution is -2.33. The maximum atomic E-state index is 4.99. The maximum Gasteiger partial charge on any atom is 0.0474 e. The molecule has 3 heteroatoms. The molecule has 0 atom stereocenters. The van der Waals surface area contributed by atoms with Gasteiger partial charge in [-0.25, -0.2) is 0 Å². The van der Waals surface area contributed by atoms with Crippen LogP contribution in [0.5, 0.6) is 0 Å². The van der Waals surface area contributed by atoms with Crippen LogP contribution in [0, 0.1) is 0 Å². The number of ether oxygens (including phenoxy) is 1. The van der Waals surface area contributed by atoms with Crippen molar-refractivity contribution in [2.24, 2.45) is 0 Å². The molecule has 1 saturated heterocycles. The highest BCUT2D eigenvalue weighted by atomic mass is 32.2. The Morgan fingerprint density at radius 2 is 2.17 bits per heavy atom. The van der Waals surface area contributed by atoms with E-state index in [-0.39, 0.29) is 0 Å². The largest absolute Gasteiger partial charge is 0.385 e. The second kappa shape index (κ2) is 6.75. The number of nitrogens with one attached hydrogen (secondary N) is 1. The lowest BCUT2D eigenvalue weighted by atomic mass is 10.1. The Kier molecular flexibility index (Phi) is 5.82. The second-order valence-electron chi connectivity index (χ2n) is 3.19. The molecule has 0 aromatic rings. The Bertz CT molecular complexity index is 105. The van der Waals surface area contributed by atoms with Gasteiger partial charge in [0.15, 0.2) is 0 Å². The molecule has 0 unspecified atom stereocenters. The zero-order valence-corrected chi connectivity index (χ0v) is 8.66. The van der Waals surface area contributed by atoms with Gasteiger partial charge >= 0.3 is 0 Å². The molecule has 12 heavy (non-hydrogen) atoms. The monoisotopic (exact) mass is 189 g/mol. The van der Waals surface area contributed by atoms with Crippen molar-refractivity contribution in [3.05, 3.63) is 0 Å². The minimum Gasteiger partial charge on any atom is -0.385 e. The first-order valence-corrected chi connectivity index (χ1v) is 5.89. The molecule has 1 N–H and O–H groups in total. The molecule has 0 aromatic heterocycles. The minimum atomic E-state index is 0.781. The molecule has 0 aliphatic carbocycles. The SMILES string of the molecule is COCCCNC1CCSCC1. The number of thioether (sulfide) groups is 1. The van der Waals surface area contributed by atoms with E-state index in [9.17, 15) is 0 Å². The van der Waals surface area contributed by atoms with Gasteiger partial charge in [-0.05, 0) is 37.3 Å². The summed E-state index contributed by atoms with van der Waals surface area (Å²) in [6.07, 6.45) is 3.83. The van der Waals surface area contributed by atoms with Crippen molar-refractivity contribution in [3.63, 3.8) is 0 Å². The van der Waals surface area contributed by atoms with E-state index in [2.05, 4.69) is 17.1 Å². The van der Waals surface area contributed by atoms with Gasteiger partial charge in [-0.2, -0.15) is 11.8 Å². The van der Waals surface area contributed by atoms with Gasteiger partial charge in [-0.1, -0.05) is 0 Å². The number of rotatable bonds is 5. The Labute approximate surface area is 79.4 Å². The fourth-order valence-electron chi connectivity index (χ4n) is 1.42. The average molecular weight is 189 g/mol. The summed E-state index contributed by atoms with van der Waals surface area (Å²) < 4.78 is 4.99. The molecule has 1 heterocycles. The quantitative estimate of drug-likeness (QED) is 0.662. The van der Waals surface area contributed by atoms with E-state index in [0.717, 1.165) is 25.6 Å². The first-order chi connectivity index (χ1) is 5.93. The van der Waals surface area contributed by atoms with Crippen molar-refractivity contribution < 1.29 is 4.74 Å². The third kappa shape index (κ3) is 4.33. The van der Waals surface area contributed by atoms with E-state index in [1.807, 2.05) is 0 Å². The van der Waals surface area contributed by atoms with E-state index >= 15 is 0 Å². The van der Waals surface area contributed by atoms with E-state index in [4.69, 9.17) is 4.74 Å². The maximum absolute atomic E-state index is 4.99. The van der Waals surface area contributed by atoms with Gasteiger partial charge in [0, 0.05) is 19.8 Å². The number of hydrogen-bond donors (Lipinski definition) is 1. The minimum absolute atomic E-state index is 0.781. The molecule has 0 aromatic carbocycles. The van der Waals surface area contributed by atoms with Crippen molar-refractivity contribution in [1.82, 2.24) is 5.32 Å². The third-order valence-electron chi connectivity index (χ3n) is 2.18. The topological polar surface area (TPSA) is 21.3 Å². The van der Waals surface area contributed by atoms with Crippen LogP contribution in [0.2, 0.25) is 0 Å². The van der Waals surface area contributed by atoms with Gasteiger partial charge in [-0.3, -0.25) is 0 Å². The molecule has 0 saturated carbocycles. The molecule has 0 radical (unpaired) electrons. The Morgan fingerprint density at radius 3 is 2.83 bits per heavy atom. The van der Waals surface area contributed by atoms with Gasteiger partial charge in [0.2, 0.25) is 0 Å². The van der Waals surface area contributed by atoms with Gasteiger partial charge in [0.25, 0.3) is 0 Å². The highest BCUT2D eigenvalue weighted by Gasteiger charge is 2.11. The molecule has 1 fully saturated rings. The van der Waals surface area contributed by atoms with Gasteiger partial charge in [0.05, 0.1) is 0 Å². The first-order valence-electron chi connectivity index (χ1n) is 4.73. The molecule has 1 rings (SSSR count). The van der Waals surface area contributed by atoms with Crippen molar-refractivity contribution in [3.8, 4) is 0 Å². The van der Waals surface area contributed by atoms with Crippen LogP contribution in [0.25, 0.3) is 0 Å². The molecule has 0 amide bonds. The summed E-state index contributed by atoms with van der Waals surface area (Å²) in [6.45, 7) is 2.00. The Morgan fingerprint density at radius 1 is 1.42 bits per heavy atom. The highest BCUT2D eigenvalue weighted by Crippen LogP contribution is 2.16. The smallest absolute Gasteiger partial charge is 0.0474 e. The lowest BCUT2D eigenvalue weighted by Gasteiger charge is -2.22. The molecule has 0 bridgehead atoms. The average Bonchev–Trinajstić information content (AvgIpc) is 2.14. The van der Waals surface area contributed by atoms with Crippen molar-refractivity contribution >= 4 is 11.8 Å². The lowest BCUT2D eigenvalue weighted by molar-refractivity contribution is 0.193. The molecule has 0 spiro atoms. The van der Waals surface area contributed by atoms with Gasteiger partial charge < -0.3 is 10.1 Å². The molecular formula is C9H19NOS. The second-order valence-corrected chi connectivity index (χ2v) is 4.41. The van der Waals surface area contributed by atoms with Crippen molar-refractivity contribution in [1.29, 1.82) is 0 Å². The standard InChI is InChI=1S/C9H19NOS/c1-11-6-2-5-10-9-3-7-12-8-4-9/h9-10H,2-8H2,1H3. The van der Waals surface area contributed by atoms with Gasteiger partial charge in [0.1, 0.15) is 0 Å². The Hall–Kier alpha value is 0.270. The summed E-state index contributed by atoms with van der Waals surface area (Å²) in [6, 6.07) is 0.781. The van der Waals surface area contributed by atoms with E-state index < -0.39 is 0 Å². The molecule has 2 nitrogen and oxygen atoms in total. The van der Waals surface area contributed by atoms with Crippen LogP contribution in [0.4, 0.5) is 0 Å². The summed E-state index contributed by atoms with van der Waals surface area (Å²) in [5, 5.41) is 3.56. The molecular weight excluding hydrogens is 170 g/mol. The van der Waals surface area contributed by atoms with Crippen LogP contribution in [-0.4, -0.2) is 37.8 Å². The fraction of sp³-hybridized carbons (Fsp3) is 1.00. The number of hydrogen-bond acceptors (Lipinski definition) is 3. The summed E-state index contributed by atoms with van der Waals surface area (Å²) >= 11 is 2.08. The number of methoxy groups -OCH3 is 1. The van der Waals surface area contributed by atoms with Crippen LogP contribution < -0.4 is 5.32 Å². The highest BCUT2D eigenvalue weighted by molar-refractivity contribution is 7.99. The predicted molar refractivity (Wildman–Crippen MR) is 54.8 cm³/mol. The van der Waals surface area contributed by atoms with Crippen LogP contribution in [0.1, 0.15) is 19.3 Å². The van der Waals surface area contributed by atoms with Crippen LogP contribution in [0.15, 0.2) is 0 Å². The zero-order chi connectivity index (χ0) is 8.65. The molecule has 72 valence electrons. The Balaban J connectivity index is 1.91. The van der Waals surface area contributed by atoms with Crippen LogP contribution >= 0.6 is 11.8 Å². The first kappa shape index (κ1) is 10.4.